The molecule has 3 N–H and O–H groups in total. The first kappa shape index (κ1) is 30.8. The molecule has 8 heteroatoms. The van der Waals surface area contributed by atoms with E-state index in [0.29, 0.717) is 32.0 Å². The van der Waals surface area contributed by atoms with Crippen molar-refractivity contribution in [3.8, 4) is 0 Å². The van der Waals surface area contributed by atoms with Gasteiger partial charge in [0, 0.05) is 45.1 Å². The highest BCUT2D eigenvalue weighted by Crippen LogP contribution is 2.39. The smallest absolute Gasteiger partial charge is 0.410 e. The number of amides is 2. The summed E-state index contributed by atoms with van der Waals surface area (Å²) in [6.07, 6.45) is 8.63. The number of hydrogen-bond acceptors (Lipinski definition) is 6. The first-order valence-electron chi connectivity index (χ1n) is 15.0. The molecule has 2 heterocycles. The number of benzene rings is 1. The molecule has 1 fully saturated rings. The number of aliphatic imine (C=N–C) groups is 1. The van der Waals surface area contributed by atoms with Gasteiger partial charge in [0.1, 0.15) is 5.60 Å². The molecule has 0 saturated carbocycles. The molecule has 0 spiro atoms. The van der Waals surface area contributed by atoms with Crippen LogP contribution < -0.4 is 11.1 Å². The molecule has 0 aromatic heterocycles. The number of rotatable bonds is 12. The van der Waals surface area contributed by atoms with E-state index in [1.165, 1.54) is 0 Å². The van der Waals surface area contributed by atoms with Gasteiger partial charge in [0.25, 0.3) is 0 Å². The zero-order valence-corrected chi connectivity index (χ0v) is 24.9. The van der Waals surface area contributed by atoms with Gasteiger partial charge in [-0.05, 0) is 57.6 Å². The van der Waals surface area contributed by atoms with Crippen molar-refractivity contribution >= 4 is 18.0 Å². The second-order valence-corrected chi connectivity index (χ2v) is 12.3. The molecule has 1 aromatic carbocycles. The molecule has 2 atom stereocenters. The minimum Gasteiger partial charge on any atom is -0.444 e. The molecule has 0 radical (unpaired) electrons. The summed E-state index contributed by atoms with van der Waals surface area (Å²) in [7, 11) is 0. The van der Waals surface area contributed by atoms with Crippen LogP contribution in [0.2, 0.25) is 0 Å². The summed E-state index contributed by atoms with van der Waals surface area (Å²) in [6, 6.07) is 8.38. The number of carbonyl (C=O) groups is 2. The van der Waals surface area contributed by atoms with Crippen LogP contribution in [0.1, 0.15) is 104 Å². The average Bonchev–Trinajstić information content (AvgIpc) is 3.22. The maximum Gasteiger partial charge on any atom is 0.410 e. The van der Waals surface area contributed by atoms with Gasteiger partial charge in [-0.3, -0.25) is 4.79 Å². The summed E-state index contributed by atoms with van der Waals surface area (Å²) >= 11 is 0. The van der Waals surface area contributed by atoms with E-state index in [4.69, 9.17) is 15.5 Å². The number of nitrogens with zero attached hydrogens (tertiary/aromatic N) is 3. The van der Waals surface area contributed by atoms with Crippen molar-refractivity contribution in [3.63, 3.8) is 0 Å². The Morgan fingerprint density at radius 2 is 1.79 bits per heavy atom. The zero-order chi connectivity index (χ0) is 28.5. The van der Waals surface area contributed by atoms with Crippen molar-refractivity contribution in [2.45, 2.75) is 117 Å². The summed E-state index contributed by atoms with van der Waals surface area (Å²) in [4.78, 5) is 34.0. The highest BCUT2D eigenvalue weighted by atomic mass is 16.6. The van der Waals surface area contributed by atoms with E-state index >= 15 is 0 Å². The summed E-state index contributed by atoms with van der Waals surface area (Å²) in [6.45, 7) is 13.5. The fourth-order valence-electron chi connectivity index (χ4n) is 5.64. The number of likely N-dealkylation sites (tertiary alicyclic amines) is 1. The van der Waals surface area contributed by atoms with Crippen molar-refractivity contribution in [3.05, 3.63) is 35.4 Å². The van der Waals surface area contributed by atoms with Crippen molar-refractivity contribution < 1.29 is 14.3 Å². The van der Waals surface area contributed by atoms with Crippen molar-refractivity contribution in [1.82, 2.24) is 15.1 Å². The number of ether oxygens (including phenoxy) is 1. The van der Waals surface area contributed by atoms with E-state index in [1.807, 2.05) is 25.7 Å². The first-order valence-corrected chi connectivity index (χ1v) is 15.0. The third kappa shape index (κ3) is 9.14. The molecule has 0 aliphatic carbocycles. The Kier molecular flexibility index (Phi) is 11.1. The van der Waals surface area contributed by atoms with Crippen LogP contribution in [0.4, 0.5) is 4.79 Å². The Balaban J connectivity index is 1.62. The van der Waals surface area contributed by atoms with Crippen LogP contribution in [-0.4, -0.2) is 58.5 Å². The van der Waals surface area contributed by atoms with Gasteiger partial charge in [-0.15, -0.1) is 0 Å². The summed E-state index contributed by atoms with van der Waals surface area (Å²) in [5.74, 6) is 0.950. The number of piperidine rings is 1. The number of nitrogens with two attached hydrogens (primary N) is 1. The molecular formula is C31H51N5O3. The Labute approximate surface area is 235 Å². The first-order chi connectivity index (χ1) is 18.5. The molecule has 8 nitrogen and oxygen atoms in total. The summed E-state index contributed by atoms with van der Waals surface area (Å²) in [5, 5.41) is 3.02. The molecule has 1 aromatic rings. The van der Waals surface area contributed by atoms with Crippen LogP contribution in [0.3, 0.4) is 0 Å². The standard InChI is InChI=1S/C31H51N5O3/c1-6-8-10-13-27(37)33-20-24-14-16-25(17-15-24)21-36-23-31(18-9-7-2,34-28(36)32)26-12-11-19-35(22-26)29(38)39-30(3,4)5/h14-17,26H,6-13,18-23H2,1-5H3,(H2,32,34)(H,33,37). The minimum absolute atomic E-state index is 0.116. The lowest BCUT2D eigenvalue weighted by Gasteiger charge is -2.42. The minimum atomic E-state index is -0.508. The lowest BCUT2D eigenvalue weighted by Crippen LogP contribution is -2.51. The molecular weight excluding hydrogens is 490 g/mol. The second-order valence-electron chi connectivity index (χ2n) is 12.3. The average molecular weight is 542 g/mol. The van der Waals surface area contributed by atoms with Crippen LogP contribution in [0.25, 0.3) is 0 Å². The quantitative estimate of drug-likeness (QED) is 0.336. The topological polar surface area (TPSA) is 100 Å². The summed E-state index contributed by atoms with van der Waals surface area (Å²) < 4.78 is 5.68. The van der Waals surface area contributed by atoms with Gasteiger partial charge in [-0.1, -0.05) is 63.8 Å². The van der Waals surface area contributed by atoms with Gasteiger partial charge >= 0.3 is 6.09 Å². The van der Waals surface area contributed by atoms with E-state index in [-0.39, 0.29) is 23.5 Å². The molecule has 2 unspecified atom stereocenters. The lowest BCUT2D eigenvalue weighted by molar-refractivity contribution is -0.121. The van der Waals surface area contributed by atoms with E-state index in [9.17, 15) is 9.59 Å². The maximum atomic E-state index is 12.8. The summed E-state index contributed by atoms with van der Waals surface area (Å²) in [5.41, 5.74) is 8.00. The number of guanidine groups is 1. The van der Waals surface area contributed by atoms with Gasteiger partial charge < -0.3 is 25.6 Å². The number of nitrogens with one attached hydrogen (secondary N) is 1. The molecule has 2 aliphatic heterocycles. The molecule has 39 heavy (non-hydrogen) atoms. The van der Waals surface area contributed by atoms with Crippen LogP contribution in [0.15, 0.2) is 29.3 Å². The van der Waals surface area contributed by atoms with Gasteiger partial charge in [-0.25, -0.2) is 9.79 Å². The highest BCUT2D eigenvalue weighted by Gasteiger charge is 2.46. The fourth-order valence-corrected chi connectivity index (χ4v) is 5.64. The maximum absolute atomic E-state index is 12.8. The SMILES string of the molecule is CCCCCC(=O)NCc1ccc(CN2CC(CCCC)(C3CCCN(C(=O)OC(C)(C)C)C3)N=C2N)cc1. The Bertz CT molecular complexity index is 971. The largest absolute Gasteiger partial charge is 0.444 e. The zero-order valence-electron chi connectivity index (χ0n) is 24.9. The van der Waals surface area contributed by atoms with Crippen molar-refractivity contribution in [1.29, 1.82) is 0 Å². The highest BCUT2D eigenvalue weighted by molar-refractivity contribution is 5.81. The number of hydrogen-bond donors (Lipinski definition) is 2. The molecule has 218 valence electrons. The van der Waals surface area contributed by atoms with E-state index in [0.717, 1.165) is 75.6 Å². The fraction of sp³-hybridized carbons (Fsp3) is 0.710. The van der Waals surface area contributed by atoms with Crippen molar-refractivity contribution in [2.24, 2.45) is 16.6 Å². The second kappa shape index (κ2) is 14.0. The van der Waals surface area contributed by atoms with Crippen LogP contribution in [0, 0.1) is 5.92 Å². The van der Waals surface area contributed by atoms with E-state index in [2.05, 4.69) is 48.3 Å². The van der Waals surface area contributed by atoms with Crippen molar-refractivity contribution in [2.75, 3.05) is 19.6 Å². The predicted octanol–water partition coefficient (Wildman–Crippen LogP) is 5.59. The van der Waals surface area contributed by atoms with Crippen LogP contribution >= 0.6 is 0 Å². The van der Waals surface area contributed by atoms with Gasteiger partial charge in [0.05, 0.1) is 5.54 Å². The Morgan fingerprint density at radius 1 is 1.10 bits per heavy atom. The van der Waals surface area contributed by atoms with E-state index in [1.54, 1.807) is 0 Å². The Morgan fingerprint density at radius 3 is 2.46 bits per heavy atom. The number of unbranched alkanes of at least 4 members (excludes halogenated alkanes) is 3. The Hall–Kier alpha value is -2.77. The van der Waals surface area contributed by atoms with Gasteiger partial charge in [-0.2, -0.15) is 0 Å². The molecule has 2 amide bonds. The van der Waals surface area contributed by atoms with Crippen LogP contribution in [-0.2, 0) is 22.6 Å². The molecule has 2 aliphatic rings. The third-order valence-electron chi connectivity index (χ3n) is 7.82. The monoisotopic (exact) mass is 541 g/mol. The van der Waals surface area contributed by atoms with E-state index < -0.39 is 5.60 Å². The third-order valence-corrected chi connectivity index (χ3v) is 7.82. The molecule has 0 bridgehead atoms. The lowest BCUT2D eigenvalue weighted by atomic mass is 9.76. The number of carbonyl (C=O) groups excluding carboxylic acids is 2. The van der Waals surface area contributed by atoms with Crippen LogP contribution in [0.5, 0.6) is 0 Å². The molecule has 1 saturated heterocycles. The van der Waals surface area contributed by atoms with Gasteiger partial charge in [0.15, 0.2) is 5.96 Å². The van der Waals surface area contributed by atoms with Gasteiger partial charge in [0.2, 0.25) is 5.91 Å². The molecule has 3 rings (SSSR count). The normalized spacial score (nSPS) is 21.6. The predicted molar refractivity (Wildman–Crippen MR) is 157 cm³/mol.